The van der Waals surface area contributed by atoms with E-state index in [1.54, 1.807) is 0 Å². The fourth-order valence-corrected chi connectivity index (χ4v) is 3.84. The standard InChI is InChI=1S/C15H20ClN3O6S/c16-12-3-2-11(26(23,24)19-5-8-25-9-6-19)10-13(12)18-15(22)14(21)17-4-1-7-20/h2-3,10,20H,1,4-9H2,(H,17,21)(H,18,22). The van der Waals surface area contributed by atoms with Crippen LogP contribution in [0.1, 0.15) is 6.42 Å². The number of rotatable bonds is 6. The summed E-state index contributed by atoms with van der Waals surface area (Å²) in [6, 6.07) is 3.89. The number of morpholine rings is 1. The molecular formula is C15H20ClN3O6S. The highest BCUT2D eigenvalue weighted by Crippen LogP contribution is 2.27. The maximum atomic E-state index is 12.7. The number of nitrogens with zero attached hydrogens (tertiary/aromatic N) is 1. The van der Waals surface area contributed by atoms with Crippen LogP contribution in [-0.4, -0.2) is 69.1 Å². The average molecular weight is 406 g/mol. The van der Waals surface area contributed by atoms with Gasteiger partial charge in [-0.2, -0.15) is 4.31 Å². The number of benzene rings is 1. The molecule has 1 aliphatic rings. The number of anilines is 1. The van der Waals surface area contributed by atoms with Gasteiger partial charge in [-0.3, -0.25) is 9.59 Å². The van der Waals surface area contributed by atoms with Gasteiger partial charge in [0, 0.05) is 26.2 Å². The third-order valence-corrected chi connectivity index (χ3v) is 5.84. The Kier molecular flexibility index (Phi) is 7.35. The van der Waals surface area contributed by atoms with E-state index in [0.717, 1.165) is 0 Å². The zero-order valence-electron chi connectivity index (χ0n) is 13.9. The van der Waals surface area contributed by atoms with Crippen LogP contribution in [0.4, 0.5) is 5.69 Å². The van der Waals surface area contributed by atoms with E-state index in [1.807, 2.05) is 0 Å². The molecule has 0 aliphatic carbocycles. The first-order valence-corrected chi connectivity index (χ1v) is 9.75. The molecule has 3 N–H and O–H groups in total. The lowest BCUT2D eigenvalue weighted by molar-refractivity contribution is -0.136. The summed E-state index contributed by atoms with van der Waals surface area (Å²) in [5.41, 5.74) is 0.0170. The van der Waals surface area contributed by atoms with Crippen molar-refractivity contribution in [3.63, 3.8) is 0 Å². The van der Waals surface area contributed by atoms with Gasteiger partial charge in [0.05, 0.1) is 28.8 Å². The molecule has 0 bridgehead atoms. The molecule has 0 unspecified atom stereocenters. The van der Waals surface area contributed by atoms with Crippen molar-refractivity contribution in [1.82, 2.24) is 9.62 Å². The smallest absolute Gasteiger partial charge is 0.313 e. The molecule has 144 valence electrons. The van der Waals surface area contributed by atoms with E-state index in [2.05, 4.69) is 10.6 Å². The van der Waals surface area contributed by atoms with Crippen LogP contribution in [0, 0.1) is 0 Å². The molecule has 1 saturated heterocycles. The molecule has 26 heavy (non-hydrogen) atoms. The summed E-state index contributed by atoms with van der Waals surface area (Å²) in [4.78, 5) is 23.5. The van der Waals surface area contributed by atoms with E-state index < -0.39 is 21.8 Å². The topological polar surface area (TPSA) is 125 Å². The summed E-state index contributed by atoms with van der Waals surface area (Å²) in [6.07, 6.45) is 0.313. The number of halogens is 1. The van der Waals surface area contributed by atoms with Crippen LogP contribution >= 0.6 is 11.6 Å². The molecule has 0 spiro atoms. The van der Waals surface area contributed by atoms with Crippen molar-refractivity contribution in [1.29, 1.82) is 0 Å². The van der Waals surface area contributed by atoms with Crippen molar-refractivity contribution in [2.75, 3.05) is 44.8 Å². The molecule has 1 fully saturated rings. The van der Waals surface area contributed by atoms with Gasteiger partial charge in [-0.1, -0.05) is 11.6 Å². The number of hydrogen-bond donors (Lipinski definition) is 3. The van der Waals surface area contributed by atoms with Crippen LogP contribution in [0.15, 0.2) is 23.1 Å². The monoisotopic (exact) mass is 405 g/mol. The molecule has 1 heterocycles. The van der Waals surface area contributed by atoms with E-state index in [-0.39, 0.29) is 41.8 Å². The second-order valence-corrected chi connectivity index (χ2v) is 7.79. The number of aliphatic hydroxyl groups is 1. The number of hydrogen-bond acceptors (Lipinski definition) is 6. The van der Waals surface area contributed by atoms with Crippen LogP contribution in [-0.2, 0) is 24.3 Å². The van der Waals surface area contributed by atoms with Gasteiger partial charge in [0.25, 0.3) is 0 Å². The molecule has 0 radical (unpaired) electrons. The van der Waals surface area contributed by atoms with Gasteiger partial charge < -0.3 is 20.5 Å². The van der Waals surface area contributed by atoms with Gasteiger partial charge in [-0.05, 0) is 24.6 Å². The number of amides is 2. The number of ether oxygens (including phenoxy) is 1. The van der Waals surface area contributed by atoms with Crippen molar-refractivity contribution in [2.45, 2.75) is 11.3 Å². The highest BCUT2D eigenvalue weighted by atomic mass is 35.5. The molecule has 2 amide bonds. The number of carbonyl (C=O) groups excluding carboxylic acids is 2. The van der Waals surface area contributed by atoms with Gasteiger partial charge in [0.15, 0.2) is 0 Å². The maximum Gasteiger partial charge on any atom is 0.313 e. The van der Waals surface area contributed by atoms with E-state index >= 15 is 0 Å². The molecule has 0 saturated carbocycles. The van der Waals surface area contributed by atoms with Crippen LogP contribution in [0.5, 0.6) is 0 Å². The molecule has 0 aromatic heterocycles. The van der Waals surface area contributed by atoms with Crippen LogP contribution in [0.25, 0.3) is 0 Å². The van der Waals surface area contributed by atoms with Crippen LogP contribution in [0.2, 0.25) is 5.02 Å². The Bertz CT molecular complexity index is 765. The SMILES string of the molecule is O=C(NCCCO)C(=O)Nc1cc(S(=O)(=O)N2CCOCC2)ccc1Cl. The number of carbonyl (C=O) groups is 2. The van der Waals surface area contributed by atoms with Crippen molar-refractivity contribution >= 4 is 39.1 Å². The summed E-state index contributed by atoms with van der Waals surface area (Å²) in [5.74, 6) is -1.89. The summed E-state index contributed by atoms with van der Waals surface area (Å²) in [5, 5.41) is 13.4. The second kappa shape index (κ2) is 9.28. The van der Waals surface area contributed by atoms with Crippen LogP contribution < -0.4 is 10.6 Å². The highest BCUT2D eigenvalue weighted by Gasteiger charge is 2.27. The lowest BCUT2D eigenvalue weighted by Gasteiger charge is -2.26. The van der Waals surface area contributed by atoms with E-state index in [9.17, 15) is 18.0 Å². The minimum Gasteiger partial charge on any atom is -0.396 e. The molecule has 2 rings (SSSR count). The average Bonchev–Trinajstić information content (AvgIpc) is 2.64. The Morgan fingerprint density at radius 3 is 2.58 bits per heavy atom. The van der Waals surface area contributed by atoms with Gasteiger partial charge in [0.1, 0.15) is 0 Å². The third-order valence-electron chi connectivity index (χ3n) is 3.62. The molecule has 11 heteroatoms. The summed E-state index contributed by atoms with van der Waals surface area (Å²) >= 11 is 6.00. The normalized spacial score (nSPS) is 15.5. The highest BCUT2D eigenvalue weighted by molar-refractivity contribution is 7.89. The van der Waals surface area contributed by atoms with Gasteiger partial charge in [0.2, 0.25) is 10.0 Å². The van der Waals surface area contributed by atoms with Crippen molar-refractivity contribution in [3.8, 4) is 0 Å². The Morgan fingerprint density at radius 1 is 1.23 bits per heavy atom. The maximum absolute atomic E-state index is 12.7. The minimum atomic E-state index is -3.76. The van der Waals surface area contributed by atoms with Crippen LogP contribution in [0.3, 0.4) is 0 Å². The predicted octanol–water partition coefficient (Wildman–Crippen LogP) is -0.202. The van der Waals surface area contributed by atoms with Crippen molar-refractivity contribution in [2.24, 2.45) is 0 Å². The molecule has 1 aromatic carbocycles. The second-order valence-electron chi connectivity index (χ2n) is 5.45. The lowest BCUT2D eigenvalue weighted by Crippen LogP contribution is -2.40. The fourth-order valence-electron chi connectivity index (χ4n) is 2.24. The zero-order valence-corrected chi connectivity index (χ0v) is 15.5. The molecular weight excluding hydrogens is 386 g/mol. The Morgan fingerprint density at radius 2 is 1.92 bits per heavy atom. The van der Waals surface area contributed by atoms with Gasteiger partial charge >= 0.3 is 11.8 Å². The largest absolute Gasteiger partial charge is 0.396 e. The Labute approximate surface area is 156 Å². The van der Waals surface area contributed by atoms with Crippen molar-refractivity contribution < 1.29 is 27.9 Å². The molecule has 1 aromatic rings. The summed E-state index contributed by atoms with van der Waals surface area (Å²) in [7, 11) is -3.76. The molecule has 1 aliphatic heterocycles. The summed E-state index contributed by atoms with van der Waals surface area (Å²) < 4.78 is 31.7. The van der Waals surface area contributed by atoms with E-state index in [4.69, 9.17) is 21.4 Å². The fraction of sp³-hybridized carbons (Fsp3) is 0.467. The quantitative estimate of drug-likeness (QED) is 0.444. The first-order valence-electron chi connectivity index (χ1n) is 7.93. The number of sulfonamides is 1. The minimum absolute atomic E-state index is 0.0170. The summed E-state index contributed by atoms with van der Waals surface area (Å²) in [6.45, 7) is 1.12. The molecule has 0 atom stereocenters. The lowest BCUT2D eigenvalue weighted by atomic mass is 10.3. The molecule has 9 nitrogen and oxygen atoms in total. The third kappa shape index (κ3) is 5.15. The number of nitrogens with one attached hydrogen (secondary N) is 2. The van der Waals surface area contributed by atoms with Crippen molar-refractivity contribution in [3.05, 3.63) is 23.2 Å². The van der Waals surface area contributed by atoms with Gasteiger partial charge in [-0.15, -0.1) is 0 Å². The Hall–Kier alpha value is -1.72. The van der Waals surface area contributed by atoms with E-state index in [0.29, 0.717) is 19.6 Å². The van der Waals surface area contributed by atoms with E-state index in [1.165, 1.54) is 22.5 Å². The first-order chi connectivity index (χ1) is 12.4. The predicted molar refractivity (Wildman–Crippen MR) is 94.4 cm³/mol. The first kappa shape index (κ1) is 20.6. The zero-order chi connectivity index (χ0) is 19.2. The number of aliphatic hydroxyl groups excluding tert-OH is 1. The Balaban J connectivity index is 2.14. The van der Waals surface area contributed by atoms with Gasteiger partial charge in [-0.25, -0.2) is 8.42 Å².